The maximum atomic E-state index is 10.8. The summed E-state index contributed by atoms with van der Waals surface area (Å²) in [6.07, 6.45) is 4.98. The van der Waals surface area contributed by atoms with Crippen molar-refractivity contribution in [1.29, 1.82) is 0 Å². The largest absolute Gasteiger partial charge is 0.388 e. The molecule has 44 heavy (non-hydrogen) atoms. The SMILES string of the molecule is C=P(C)(C)CC[C@H]1OC(n2c(N)nc3c(NCCCOCCOCCOCCOCCOCCCN)ncnc32)[C@H](O)[C@@H]1O. The normalized spacial score (nSPS) is 20.6. The Hall–Kier alpha value is -1.91. The van der Waals surface area contributed by atoms with Crippen LogP contribution in [0, 0.1) is 0 Å². The van der Waals surface area contributed by atoms with Gasteiger partial charge in [0, 0.05) is 19.8 Å². The summed E-state index contributed by atoms with van der Waals surface area (Å²) in [6, 6.07) is 0. The van der Waals surface area contributed by atoms with E-state index in [0.29, 0.717) is 103 Å². The van der Waals surface area contributed by atoms with Crippen LogP contribution in [0.1, 0.15) is 25.5 Å². The van der Waals surface area contributed by atoms with Crippen LogP contribution >= 0.6 is 6.89 Å². The number of anilines is 2. The van der Waals surface area contributed by atoms with Crippen LogP contribution in [-0.2, 0) is 28.4 Å². The number of hydrogen-bond donors (Lipinski definition) is 5. The molecule has 0 aromatic carbocycles. The molecule has 1 saturated heterocycles. The molecule has 3 rings (SSSR count). The number of rotatable bonds is 24. The Bertz CT molecular complexity index is 1140. The van der Waals surface area contributed by atoms with Crippen LogP contribution in [0.4, 0.5) is 11.8 Å². The molecule has 252 valence electrons. The van der Waals surface area contributed by atoms with E-state index in [-0.39, 0.29) is 5.95 Å². The molecule has 15 nitrogen and oxygen atoms in total. The molecule has 0 amide bonds. The summed E-state index contributed by atoms with van der Waals surface area (Å²) >= 11 is 0. The maximum Gasteiger partial charge on any atom is 0.204 e. The van der Waals surface area contributed by atoms with Crippen molar-refractivity contribution in [2.75, 3.05) is 110 Å². The van der Waals surface area contributed by atoms with Gasteiger partial charge in [-0.15, -0.1) is 13.2 Å². The number of nitrogen functional groups attached to an aromatic ring is 1. The first kappa shape index (κ1) is 36.6. The molecule has 0 aliphatic carbocycles. The highest BCUT2D eigenvalue weighted by Crippen LogP contribution is 2.40. The van der Waals surface area contributed by atoms with Gasteiger partial charge in [0.15, 0.2) is 23.2 Å². The second-order valence-corrected chi connectivity index (χ2v) is 15.5. The number of aliphatic hydroxyl groups is 2. The van der Waals surface area contributed by atoms with E-state index < -0.39 is 31.4 Å². The topological polar surface area (TPSA) is 204 Å². The van der Waals surface area contributed by atoms with Crippen molar-refractivity contribution in [2.45, 2.75) is 43.8 Å². The fraction of sp³-hybridized carbons (Fsp3) is 0.786. The summed E-state index contributed by atoms with van der Waals surface area (Å²) in [5, 5.41) is 24.7. The maximum absolute atomic E-state index is 10.8. The zero-order chi connectivity index (χ0) is 31.8. The van der Waals surface area contributed by atoms with Gasteiger partial charge in [0.2, 0.25) is 5.95 Å². The Balaban J connectivity index is 1.28. The van der Waals surface area contributed by atoms with Gasteiger partial charge in [-0.2, -0.15) is 0 Å². The Kier molecular flexibility index (Phi) is 16.3. The highest BCUT2D eigenvalue weighted by atomic mass is 31.2. The summed E-state index contributed by atoms with van der Waals surface area (Å²) in [5.74, 6) is 0.630. The van der Waals surface area contributed by atoms with Gasteiger partial charge in [-0.3, -0.25) is 4.57 Å². The number of nitrogens with one attached hydrogen (secondary N) is 1. The molecule has 4 atom stereocenters. The molecule has 0 saturated carbocycles. The summed E-state index contributed by atoms with van der Waals surface area (Å²) in [7, 11) is 0. The number of ether oxygens (including phenoxy) is 6. The Morgan fingerprint density at radius 2 is 1.48 bits per heavy atom. The van der Waals surface area contributed by atoms with E-state index in [9.17, 15) is 10.2 Å². The molecule has 1 aliphatic rings. The van der Waals surface area contributed by atoms with Crippen molar-refractivity contribution >= 4 is 36.1 Å². The first-order chi connectivity index (χ1) is 21.2. The molecular formula is C28H52N7O8P. The lowest BCUT2D eigenvalue weighted by Crippen LogP contribution is -2.32. The summed E-state index contributed by atoms with van der Waals surface area (Å²) in [5.41, 5.74) is 12.5. The quantitative estimate of drug-likeness (QED) is 0.0773. The van der Waals surface area contributed by atoms with E-state index in [0.717, 1.165) is 19.0 Å². The number of nitrogens with two attached hydrogens (primary N) is 2. The zero-order valence-electron chi connectivity index (χ0n) is 26.1. The second kappa shape index (κ2) is 19.6. The van der Waals surface area contributed by atoms with Gasteiger partial charge in [0.25, 0.3) is 0 Å². The molecule has 0 spiro atoms. The van der Waals surface area contributed by atoms with Crippen molar-refractivity contribution < 1.29 is 38.6 Å². The lowest BCUT2D eigenvalue weighted by atomic mass is 10.1. The van der Waals surface area contributed by atoms with Gasteiger partial charge in [0.1, 0.15) is 18.5 Å². The fourth-order valence-electron chi connectivity index (χ4n) is 4.51. The molecule has 3 heterocycles. The van der Waals surface area contributed by atoms with Gasteiger partial charge < -0.3 is 55.4 Å². The van der Waals surface area contributed by atoms with Crippen LogP contribution in [-0.4, -0.2) is 153 Å². The number of aliphatic hydroxyl groups excluding tert-OH is 2. The third-order valence-electron chi connectivity index (χ3n) is 6.85. The number of hydrogen-bond acceptors (Lipinski definition) is 14. The highest BCUT2D eigenvalue weighted by molar-refractivity contribution is 7.72. The molecule has 2 aromatic heterocycles. The Morgan fingerprint density at radius 1 is 0.909 bits per heavy atom. The van der Waals surface area contributed by atoms with Crippen molar-refractivity contribution in [3.05, 3.63) is 6.33 Å². The van der Waals surface area contributed by atoms with Crippen LogP contribution in [0.2, 0.25) is 0 Å². The van der Waals surface area contributed by atoms with E-state index in [2.05, 4.69) is 39.9 Å². The van der Waals surface area contributed by atoms with Gasteiger partial charge in [0.05, 0.1) is 59.0 Å². The molecule has 7 N–H and O–H groups in total. The van der Waals surface area contributed by atoms with Crippen molar-refractivity contribution in [2.24, 2.45) is 5.73 Å². The smallest absolute Gasteiger partial charge is 0.204 e. The molecule has 1 aliphatic heterocycles. The molecule has 2 aromatic rings. The predicted molar refractivity (Wildman–Crippen MR) is 172 cm³/mol. The highest BCUT2D eigenvalue weighted by Gasteiger charge is 2.45. The van der Waals surface area contributed by atoms with Crippen LogP contribution in [0.15, 0.2) is 6.33 Å². The summed E-state index contributed by atoms with van der Waals surface area (Å²) < 4.78 is 35.0. The van der Waals surface area contributed by atoms with E-state index in [4.69, 9.17) is 39.9 Å². The van der Waals surface area contributed by atoms with Crippen LogP contribution in [0.5, 0.6) is 0 Å². The van der Waals surface area contributed by atoms with Crippen molar-refractivity contribution in [3.63, 3.8) is 0 Å². The zero-order valence-corrected chi connectivity index (χ0v) is 27.0. The summed E-state index contributed by atoms with van der Waals surface area (Å²) in [6.45, 7) is 9.46. The second-order valence-electron chi connectivity index (χ2n) is 11.2. The molecule has 1 fully saturated rings. The molecule has 16 heteroatoms. The average Bonchev–Trinajstić information content (AvgIpc) is 3.47. The Labute approximate surface area is 259 Å². The standard InChI is InChI=1S/C28H52N7O8P/c1-44(2,3)19-6-21-23(36)24(37)27(43-21)35-26-22(34-28(35)30)25(32-20-33-26)31-8-5-10-39-12-14-41-16-18-42-17-15-40-13-11-38-9-4-7-29/h20-21,23-24,27,36-37H,1,4-19,29H2,2-3H3,(H2,30,34)(H,31,32,33)/t21-,23-,24-,27?/m1/s1. The lowest BCUT2D eigenvalue weighted by Gasteiger charge is -2.19. The van der Waals surface area contributed by atoms with Crippen molar-refractivity contribution in [1.82, 2.24) is 19.5 Å². The van der Waals surface area contributed by atoms with Crippen LogP contribution in [0.25, 0.3) is 11.2 Å². The van der Waals surface area contributed by atoms with Gasteiger partial charge in [-0.05, 0) is 45.3 Å². The summed E-state index contributed by atoms with van der Waals surface area (Å²) in [4.78, 5) is 13.1. The first-order valence-electron chi connectivity index (χ1n) is 15.2. The van der Waals surface area contributed by atoms with E-state index in [1.54, 1.807) is 0 Å². The molecular weight excluding hydrogens is 593 g/mol. The van der Waals surface area contributed by atoms with E-state index >= 15 is 0 Å². The predicted octanol–water partition coefficient (Wildman–Crippen LogP) is 0.361. The number of nitrogens with zero attached hydrogens (tertiary/aromatic N) is 4. The first-order valence-corrected chi connectivity index (χ1v) is 18.3. The Morgan fingerprint density at radius 3 is 2.05 bits per heavy atom. The van der Waals surface area contributed by atoms with Crippen LogP contribution < -0.4 is 16.8 Å². The minimum atomic E-state index is -1.31. The third-order valence-corrected chi connectivity index (χ3v) is 8.32. The fourth-order valence-corrected chi connectivity index (χ4v) is 5.47. The minimum absolute atomic E-state index is 0.118. The van der Waals surface area contributed by atoms with Gasteiger partial charge in [-0.1, -0.05) is 0 Å². The van der Waals surface area contributed by atoms with Gasteiger partial charge in [-0.25, -0.2) is 15.0 Å². The van der Waals surface area contributed by atoms with Crippen LogP contribution in [0.3, 0.4) is 0 Å². The van der Waals surface area contributed by atoms with E-state index in [1.807, 2.05) is 0 Å². The molecule has 0 radical (unpaired) electrons. The lowest BCUT2D eigenvalue weighted by molar-refractivity contribution is -0.0340. The number of aromatic nitrogens is 4. The number of fused-ring (bicyclic) bond motifs is 1. The van der Waals surface area contributed by atoms with Crippen molar-refractivity contribution in [3.8, 4) is 0 Å². The third kappa shape index (κ3) is 12.1. The minimum Gasteiger partial charge on any atom is -0.388 e. The molecule has 1 unspecified atom stereocenters. The monoisotopic (exact) mass is 645 g/mol. The number of imidazole rings is 1. The molecule has 0 bridgehead atoms. The van der Waals surface area contributed by atoms with E-state index in [1.165, 1.54) is 10.9 Å². The average molecular weight is 646 g/mol. The van der Waals surface area contributed by atoms with Gasteiger partial charge >= 0.3 is 0 Å².